The van der Waals surface area contributed by atoms with Gasteiger partial charge in [0.1, 0.15) is 0 Å². The van der Waals surface area contributed by atoms with Gasteiger partial charge in [-0.1, -0.05) is 37.3 Å². The molecule has 0 radical (unpaired) electrons. The van der Waals surface area contributed by atoms with E-state index in [1.54, 1.807) is 12.1 Å². The number of para-hydroxylation sites is 1. The molecule has 3 rings (SSSR count). The second-order valence-electron chi connectivity index (χ2n) is 8.57. The Morgan fingerprint density at radius 3 is 2.26 bits per heavy atom. The molecule has 0 aliphatic rings. The van der Waals surface area contributed by atoms with Crippen molar-refractivity contribution in [2.24, 2.45) is 5.10 Å². The molecule has 3 aromatic carbocycles. The third-order valence-corrected chi connectivity index (χ3v) is 6.43. The molecule has 39 heavy (non-hydrogen) atoms. The zero-order chi connectivity index (χ0) is 28.4. The van der Waals surface area contributed by atoms with Crippen LogP contribution in [-0.2, 0) is 20.8 Å². The minimum absolute atomic E-state index is 0.204. The van der Waals surface area contributed by atoms with Crippen LogP contribution in [0.1, 0.15) is 36.1 Å². The summed E-state index contributed by atoms with van der Waals surface area (Å²) in [4.78, 5) is 37.0. The number of carbonyl (C=O) groups excluding carboxylic acids is 3. The van der Waals surface area contributed by atoms with Crippen molar-refractivity contribution in [1.29, 1.82) is 0 Å². The Kier molecular flexibility index (Phi) is 10.9. The van der Waals surface area contributed by atoms with Crippen molar-refractivity contribution in [3.8, 4) is 11.5 Å². The highest BCUT2D eigenvalue weighted by Crippen LogP contribution is 2.34. The van der Waals surface area contributed by atoms with Crippen molar-refractivity contribution >= 4 is 57.9 Å². The smallest absolute Gasteiger partial charge is 0.329 e. The van der Waals surface area contributed by atoms with Gasteiger partial charge < -0.3 is 20.1 Å². The number of rotatable bonds is 10. The van der Waals surface area contributed by atoms with Crippen molar-refractivity contribution in [2.75, 3.05) is 23.8 Å². The Labute approximate surface area is 241 Å². The lowest BCUT2D eigenvalue weighted by molar-refractivity contribution is -0.136. The highest BCUT2D eigenvalue weighted by atomic mass is 127. The second-order valence-corrected chi connectivity index (χ2v) is 9.73. The SMILES string of the molecule is CCOc1cc(/C=N\NC(=O)C(=O)Nc2c(C)cccc2C)cc(I)c1OCC(=O)Nc1ccc(CC)cc1. The normalized spacial score (nSPS) is 10.7. The lowest BCUT2D eigenvalue weighted by Crippen LogP contribution is -2.32. The molecule has 0 spiro atoms. The molecular weight excluding hydrogens is 611 g/mol. The van der Waals surface area contributed by atoms with Crippen molar-refractivity contribution in [1.82, 2.24) is 5.43 Å². The number of hydrogen-bond donors (Lipinski definition) is 3. The average molecular weight is 642 g/mol. The number of anilines is 2. The highest BCUT2D eigenvalue weighted by Gasteiger charge is 2.16. The quantitative estimate of drug-likeness (QED) is 0.125. The van der Waals surface area contributed by atoms with E-state index in [-0.39, 0.29) is 12.5 Å². The molecule has 0 unspecified atom stereocenters. The third-order valence-electron chi connectivity index (χ3n) is 5.63. The number of aryl methyl sites for hydroxylation is 3. The van der Waals surface area contributed by atoms with Gasteiger partial charge in [0.05, 0.1) is 16.4 Å². The molecule has 204 valence electrons. The second kappa shape index (κ2) is 14.3. The molecule has 0 saturated heterocycles. The first-order valence-electron chi connectivity index (χ1n) is 12.4. The van der Waals surface area contributed by atoms with Crippen LogP contribution in [-0.4, -0.2) is 37.1 Å². The predicted molar refractivity (Wildman–Crippen MR) is 161 cm³/mol. The molecule has 3 amide bonds. The molecule has 0 aromatic heterocycles. The number of hydrogen-bond acceptors (Lipinski definition) is 6. The van der Waals surface area contributed by atoms with Gasteiger partial charge in [0, 0.05) is 11.4 Å². The van der Waals surface area contributed by atoms with Gasteiger partial charge in [-0.05, 0) is 96.3 Å². The summed E-state index contributed by atoms with van der Waals surface area (Å²) in [5.41, 5.74) is 7.01. The molecule has 9 nitrogen and oxygen atoms in total. The van der Waals surface area contributed by atoms with Gasteiger partial charge in [0.2, 0.25) is 0 Å². The Morgan fingerprint density at radius 1 is 0.923 bits per heavy atom. The molecule has 0 bridgehead atoms. The highest BCUT2D eigenvalue weighted by molar-refractivity contribution is 14.1. The Morgan fingerprint density at radius 2 is 1.62 bits per heavy atom. The van der Waals surface area contributed by atoms with Crippen molar-refractivity contribution in [2.45, 2.75) is 34.1 Å². The van der Waals surface area contributed by atoms with Crippen LogP contribution in [0.4, 0.5) is 11.4 Å². The molecule has 0 fully saturated rings. The molecule has 10 heteroatoms. The van der Waals surface area contributed by atoms with Gasteiger partial charge in [-0.3, -0.25) is 14.4 Å². The van der Waals surface area contributed by atoms with E-state index in [9.17, 15) is 14.4 Å². The summed E-state index contributed by atoms with van der Waals surface area (Å²) >= 11 is 2.07. The summed E-state index contributed by atoms with van der Waals surface area (Å²) in [5.74, 6) is -1.18. The standard InChI is InChI=1S/C29H31IN4O5/c1-5-20-10-12-22(13-11-20)32-25(35)17-39-27-23(30)14-21(15-24(27)38-6-2)16-31-34-29(37)28(36)33-26-18(3)8-7-9-19(26)4/h7-16H,5-6,17H2,1-4H3,(H,32,35)(H,33,36)(H,34,37)/b31-16-. The minimum Gasteiger partial charge on any atom is -0.490 e. The molecule has 0 heterocycles. The molecule has 0 aliphatic heterocycles. The average Bonchev–Trinajstić information content (AvgIpc) is 2.90. The molecule has 0 atom stereocenters. The summed E-state index contributed by atoms with van der Waals surface area (Å²) in [5, 5.41) is 9.34. The predicted octanol–water partition coefficient (Wildman–Crippen LogP) is 4.98. The Bertz CT molecular complexity index is 1350. The van der Waals surface area contributed by atoms with Crippen LogP contribution in [0.3, 0.4) is 0 Å². The van der Waals surface area contributed by atoms with Gasteiger partial charge >= 0.3 is 11.8 Å². The van der Waals surface area contributed by atoms with Gasteiger partial charge in [-0.15, -0.1) is 0 Å². The van der Waals surface area contributed by atoms with Crippen LogP contribution < -0.4 is 25.5 Å². The van der Waals surface area contributed by atoms with Gasteiger partial charge in [-0.25, -0.2) is 5.43 Å². The zero-order valence-electron chi connectivity index (χ0n) is 22.3. The number of halogens is 1. The first kappa shape index (κ1) is 29.6. The van der Waals surface area contributed by atoms with Crippen LogP contribution in [0.25, 0.3) is 0 Å². The van der Waals surface area contributed by atoms with E-state index >= 15 is 0 Å². The van der Waals surface area contributed by atoms with Crippen molar-refractivity contribution in [3.05, 3.63) is 80.4 Å². The molecule has 0 saturated carbocycles. The van der Waals surface area contributed by atoms with Crippen LogP contribution in [0.15, 0.2) is 59.7 Å². The topological polar surface area (TPSA) is 118 Å². The summed E-state index contributed by atoms with van der Waals surface area (Å²) in [7, 11) is 0. The number of ether oxygens (including phenoxy) is 2. The maximum absolute atomic E-state index is 12.4. The van der Waals surface area contributed by atoms with Crippen molar-refractivity contribution in [3.63, 3.8) is 0 Å². The summed E-state index contributed by atoms with van der Waals surface area (Å²) < 4.78 is 12.2. The van der Waals surface area contributed by atoms with Gasteiger partial charge in [0.15, 0.2) is 18.1 Å². The molecule has 3 aromatic rings. The number of nitrogens with one attached hydrogen (secondary N) is 3. The third kappa shape index (κ3) is 8.54. The first-order chi connectivity index (χ1) is 18.7. The minimum atomic E-state index is -0.899. The Hall–Kier alpha value is -3.93. The number of amides is 3. The maximum atomic E-state index is 12.4. The number of carbonyl (C=O) groups is 3. The summed E-state index contributed by atoms with van der Waals surface area (Å²) in [6, 6.07) is 16.6. The van der Waals surface area contributed by atoms with Gasteiger partial charge in [0.25, 0.3) is 5.91 Å². The molecular formula is C29H31IN4O5. The monoisotopic (exact) mass is 642 g/mol. The van der Waals surface area contributed by atoms with E-state index in [2.05, 4.69) is 50.7 Å². The molecule has 3 N–H and O–H groups in total. The van der Waals surface area contributed by atoms with Crippen molar-refractivity contribution < 1.29 is 23.9 Å². The van der Waals surface area contributed by atoms with E-state index in [0.717, 1.165) is 17.5 Å². The molecule has 0 aliphatic carbocycles. The van der Waals surface area contributed by atoms with E-state index in [1.165, 1.54) is 11.8 Å². The number of hydrazone groups is 1. The largest absolute Gasteiger partial charge is 0.490 e. The van der Waals surface area contributed by atoms with Crippen LogP contribution in [0.2, 0.25) is 0 Å². The number of benzene rings is 3. The van der Waals surface area contributed by atoms with E-state index < -0.39 is 11.8 Å². The first-order valence-corrected chi connectivity index (χ1v) is 13.5. The summed E-state index contributed by atoms with van der Waals surface area (Å²) in [6.07, 6.45) is 2.32. The van der Waals surface area contributed by atoms with Gasteiger partial charge in [-0.2, -0.15) is 5.10 Å². The van der Waals surface area contributed by atoms with Crippen LogP contribution in [0.5, 0.6) is 11.5 Å². The van der Waals surface area contributed by atoms with E-state index in [1.807, 2.05) is 63.2 Å². The fraction of sp³-hybridized carbons (Fsp3) is 0.241. The fourth-order valence-corrected chi connectivity index (χ4v) is 4.40. The maximum Gasteiger partial charge on any atom is 0.329 e. The fourth-order valence-electron chi connectivity index (χ4n) is 3.62. The lowest BCUT2D eigenvalue weighted by Gasteiger charge is -2.14. The van der Waals surface area contributed by atoms with E-state index in [4.69, 9.17) is 9.47 Å². The van der Waals surface area contributed by atoms with Crippen LogP contribution in [0, 0.1) is 17.4 Å². The van der Waals surface area contributed by atoms with E-state index in [0.29, 0.717) is 38.6 Å². The Balaban J connectivity index is 1.62. The van der Waals surface area contributed by atoms with Crippen LogP contribution >= 0.6 is 22.6 Å². The number of nitrogens with zero attached hydrogens (tertiary/aromatic N) is 1. The lowest BCUT2D eigenvalue weighted by atomic mass is 10.1. The summed E-state index contributed by atoms with van der Waals surface area (Å²) in [6.45, 7) is 7.77. The zero-order valence-corrected chi connectivity index (χ0v) is 24.4.